The molecule has 0 aromatic carbocycles. The van der Waals surface area contributed by atoms with Crippen LogP contribution in [-0.4, -0.2) is 11.2 Å². The first-order valence-electron chi connectivity index (χ1n) is 11.3. The minimum absolute atomic E-state index is 0.0736. The van der Waals surface area contributed by atoms with Gasteiger partial charge in [-0.2, -0.15) is 0 Å². The van der Waals surface area contributed by atoms with E-state index in [2.05, 4.69) is 33.8 Å². The van der Waals surface area contributed by atoms with Crippen molar-refractivity contribution in [3.63, 3.8) is 0 Å². The van der Waals surface area contributed by atoms with Crippen LogP contribution in [0.25, 0.3) is 0 Å². The average Bonchev–Trinajstić information content (AvgIpc) is 2.93. The van der Waals surface area contributed by atoms with Gasteiger partial charge >= 0.3 is 0 Å². The van der Waals surface area contributed by atoms with Crippen LogP contribution in [0.1, 0.15) is 91.9 Å². The van der Waals surface area contributed by atoms with Gasteiger partial charge in [0.25, 0.3) is 0 Å². The summed E-state index contributed by atoms with van der Waals surface area (Å²) < 4.78 is 0. The molecule has 0 bridgehead atoms. The quantitative estimate of drug-likeness (QED) is 0.590. The molecule has 0 aliphatic heterocycles. The molecule has 1 heteroatoms. The number of fused-ring (bicyclic) bond motifs is 5. The molecule has 3 fully saturated rings. The van der Waals surface area contributed by atoms with Crippen molar-refractivity contribution in [1.82, 2.24) is 0 Å². The summed E-state index contributed by atoms with van der Waals surface area (Å²) in [7, 11) is 0. The van der Waals surface area contributed by atoms with Crippen molar-refractivity contribution in [2.45, 2.75) is 98.0 Å². The second-order valence-corrected chi connectivity index (χ2v) is 10.7. The largest absolute Gasteiger partial charge is 0.393 e. The van der Waals surface area contributed by atoms with Crippen LogP contribution in [-0.2, 0) is 0 Å². The standard InChI is InChI=1S/C24H40O/c1-5-6-16(2)20-9-10-21-19-8-7-17-15-18(25)11-13-23(17,3)22(19)12-14-24(20,21)4/h7,16,18-22,25H,5-6,8-15H2,1-4H3/t16-,18-,19?,20+,21?,22?,23-,24+/m0/s1. The van der Waals surface area contributed by atoms with Crippen molar-refractivity contribution in [2.75, 3.05) is 0 Å². The lowest BCUT2D eigenvalue weighted by Crippen LogP contribution is -2.50. The summed E-state index contributed by atoms with van der Waals surface area (Å²) in [5.74, 6) is 4.63. The maximum absolute atomic E-state index is 10.2. The summed E-state index contributed by atoms with van der Waals surface area (Å²) in [6.07, 6.45) is 15.6. The summed E-state index contributed by atoms with van der Waals surface area (Å²) in [4.78, 5) is 0. The smallest absolute Gasteiger partial charge is 0.0577 e. The molecule has 0 aromatic rings. The minimum atomic E-state index is -0.0736. The average molecular weight is 345 g/mol. The highest BCUT2D eigenvalue weighted by atomic mass is 16.3. The first kappa shape index (κ1) is 18.1. The van der Waals surface area contributed by atoms with Crippen molar-refractivity contribution in [3.8, 4) is 0 Å². The van der Waals surface area contributed by atoms with E-state index in [-0.39, 0.29) is 6.10 Å². The van der Waals surface area contributed by atoms with Crippen LogP contribution < -0.4 is 0 Å². The van der Waals surface area contributed by atoms with Gasteiger partial charge in [0.2, 0.25) is 0 Å². The van der Waals surface area contributed by atoms with Crippen molar-refractivity contribution >= 4 is 0 Å². The van der Waals surface area contributed by atoms with E-state index in [1.807, 2.05) is 0 Å². The Balaban J connectivity index is 1.60. The van der Waals surface area contributed by atoms with E-state index >= 15 is 0 Å². The van der Waals surface area contributed by atoms with Crippen molar-refractivity contribution in [1.29, 1.82) is 0 Å². The lowest BCUT2D eigenvalue weighted by atomic mass is 9.47. The number of aliphatic hydroxyl groups is 1. The highest BCUT2D eigenvalue weighted by Crippen LogP contribution is 2.67. The minimum Gasteiger partial charge on any atom is -0.393 e. The SMILES string of the molecule is CCC[C@H](C)[C@H]1CCC2C3CC=C4C[C@@H](O)CC[C@]4(C)C3CC[C@@]21C. The Morgan fingerprint density at radius 3 is 2.68 bits per heavy atom. The zero-order valence-electron chi connectivity index (χ0n) is 17.1. The second kappa shape index (κ2) is 6.39. The van der Waals surface area contributed by atoms with Crippen LogP contribution in [0.15, 0.2) is 11.6 Å². The van der Waals surface area contributed by atoms with Crippen molar-refractivity contribution < 1.29 is 5.11 Å². The zero-order valence-corrected chi connectivity index (χ0v) is 17.1. The molecule has 4 rings (SSSR count). The third-order valence-corrected chi connectivity index (χ3v) is 9.58. The Bertz CT molecular complexity index is 536. The van der Waals surface area contributed by atoms with Crippen molar-refractivity contribution in [3.05, 3.63) is 11.6 Å². The molecule has 4 aliphatic carbocycles. The molecule has 0 radical (unpaired) electrons. The van der Waals surface area contributed by atoms with Crippen LogP contribution in [0.5, 0.6) is 0 Å². The number of hydrogen-bond donors (Lipinski definition) is 1. The van der Waals surface area contributed by atoms with Crippen LogP contribution in [0.3, 0.4) is 0 Å². The summed E-state index contributed by atoms with van der Waals surface area (Å²) in [5, 5.41) is 10.2. The Morgan fingerprint density at radius 1 is 1.12 bits per heavy atom. The maximum Gasteiger partial charge on any atom is 0.0577 e. The van der Waals surface area contributed by atoms with Gasteiger partial charge in [-0.3, -0.25) is 0 Å². The van der Waals surface area contributed by atoms with E-state index in [4.69, 9.17) is 0 Å². The van der Waals surface area contributed by atoms with Crippen molar-refractivity contribution in [2.24, 2.45) is 40.4 Å². The molecule has 3 saturated carbocycles. The molecule has 0 saturated heterocycles. The Morgan fingerprint density at radius 2 is 1.92 bits per heavy atom. The molecule has 0 aromatic heterocycles. The lowest BCUT2D eigenvalue weighted by Gasteiger charge is -2.58. The number of rotatable bonds is 3. The predicted molar refractivity (Wildman–Crippen MR) is 105 cm³/mol. The van der Waals surface area contributed by atoms with Gasteiger partial charge in [-0.15, -0.1) is 0 Å². The van der Waals surface area contributed by atoms with E-state index < -0.39 is 0 Å². The number of allylic oxidation sites excluding steroid dienone is 1. The van der Waals surface area contributed by atoms with E-state index in [0.717, 1.165) is 42.4 Å². The second-order valence-electron chi connectivity index (χ2n) is 10.7. The van der Waals surface area contributed by atoms with Gasteiger partial charge in [0.15, 0.2) is 0 Å². The molecule has 8 atom stereocenters. The molecule has 142 valence electrons. The van der Waals surface area contributed by atoms with E-state index in [9.17, 15) is 5.11 Å². The van der Waals surface area contributed by atoms with Gasteiger partial charge in [-0.1, -0.05) is 52.2 Å². The number of hydrogen-bond acceptors (Lipinski definition) is 1. The fourth-order valence-corrected chi connectivity index (χ4v) is 8.27. The van der Waals surface area contributed by atoms with Gasteiger partial charge in [-0.05, 0) is 91.8 Å². The maximum atomic E-state index is 10.2. The first-order chi connectivity index (χ1) is 11.9. The van der Waals surface area contributed by atoms with Crippen LogP contribution in [0.2, 0.25) is 0 Å². The van der Waals surface area contributed by atoms with Gasteiger partial charge in [0, 0.05) is 0 Å². The van der Waals surface area contributed by atoms with E-state index in [0.29, 0.717) is 10.8 Å². The van der Waals surface area contributed by atoms with Gasteiger partial charge in [0.05, 0.1) is 6.10 Å². The molecule has 25 heavy (non-hydrogen) atoms. The molecule has 0 heterocycles. The zero-order chi connectivity index (χ0) is 17.8. The molecule has 0 spiro atoms. The Kier molecular flexibility index (Phi) is 4.63. The van der Waals surface area contributed by atoms with Crippen LogP contribution >= 0.6 is 0 Å². The van der Waals surface area contributed by atoms with E-state index in [1.54, 1.807) is 5.57 Å². The molecular weight excluding hydrogens is 304 g/mol. The third-order valence-electron chi connectivity index (χ3n) is 9.58. The summed E-state index contributed by atoms with van der Waals surface area (Å²) in [5.41, 5.74) is 2.62. The first-order valence-corrected chi connectivity index (χ1v) is 11.3. The predicted octanol–water partition coefficient (Wildman–Crippen LogP) is 6.36. The highest BCUT2D eigenvalue weighted by molar-refractivity contribution is 5.25. The van der Waals surface area contributed by atoms with Gasteiger partial charge < -0.3 is 5.11 Å². The normalized spacial score (nSPS) is 50.4. The molecule has 3 unspecified atom stereocenters. The summed E-state index contributed by atoms with van der Waals surface area (Å²) >= 11 is 0. The molecule has 1 N–H and O–H groups in total. The lowest BCUT2D eigenvalue weighted by molar-refractivity contribution is -0.0571. The van der Waals surface area contributed by atoms with Crippen LogP contribution in [0.4, 0.5) is 0 Å². The topological polar surface area (TPSA) is 20.2 Å². The fraction of sp³-hybridized carbons (Fsp3) is 0.917. The number of aliphatic hydroxyl groups excluding tert-OH is 1. The van der Waals surface area contributed by atoms with Gasteiger partial charge in [0.1, 0.15) is 0 Å². The summed E-state index contributed by atoms with van der Waals surface area (Å²) in [6, 6.07) is 0. The van der Waals surface area contributed by atoms with E-state index in [1.165, 1.54) is 51.4 Å². The molecule has 0 amide bonds. The third kappa shape index (κ3) is 2.67. The molecule has 4 aliphatic rings. The fourth-order valence-electron chi connectivity index (χ4n) is 8.27. The molecule has 1 nitrogen and oxygen atoms in total. The monoisotopic (exact) mass is 344 g/mol. The summed E-state index contributed by atoms with van der Waals surface area (Å²) in [6.45, 7) is 10.1. The van der Waals surface area contributed by atoms with Crippen LogP contribution in [0, 0.1) is 40.4 Å². The molecular formula is C24H40O. The highest BCUT2D eigenvalue weighted by Gasteiger charge is 2.58. The Labute approximate surface area is 155 Å². The Hall–Kier alpha value is -0.300. The van der Waals surface area contributed by atoms with Gasteiger partial charge in [-0.25, -0.2) is 0 Å².